The Hall–Kier alpha value is -1.97. The first-order valence-corrected chi connectivity index (χ1v) is 5.92. The summed E-state index contributed by atoms with van der Waals surface area (Å²) < 4.78 is 39.7. The summed E-state index contributed by atoms with van der Waals surface area (Å²) in [4.78, 5) is 0. The first-order valence-electron chi connectivity index (χ1n) is 5.92. The van der Waals surface area contributed by atoms with Crippen LogP contribution in [-0.4, -0.2) is 0 Å². The average Bonchev–Trinajstić information content (AvgIpc) is 2.32. The fraction of sp³-hybridized carbons (Fsp3) is 0.200. The predicted molar refractivity (Wildman–Crippen MR) is 69.6 cm³/mol. The highest BCUT2D eigenvalue weighted by molar-refractivity contribution is 5.47. The predicted octanol–water partition coefficient (Wildman–Crippen LogP) is 4.33. The van der Waals surface area contributed by atoms with Gasteiger partial charge in [0.25, 0.3) is 0 Å². The molecule has 0 aliphatic carbocycles. The Balaban J connectivity index is 2.21. The van der Waals surface area contributed by atoms with Crippen LogP contribution in [0.15, 0.2) is 30.3 Å². The van der Waals surface area contributed by atoms with Crippen LogP contribution < -0.4 is 5.32 Å². The SMILES string of the molecule is Cc1ccc(C)c(CNc2c(F)cc(F)cc2F)c1. The molecule has 0 heterocycles. The average molecular weight is 265 g/mol. The van der Waals surface area contributed by atoms with Gasteiger partial charge in [0, 0.05) is 18.7 Å². The molecule has 0 fully saturated rings. The largest absolute Gasteiger partial charge is 0.376 e. The smallest absolute Gasteiger partial charge is 0.152 e. The standard InChI is InChI=1S/C15H14F3N/c1-9-3-4-10(2)11(5-9)8-19-15-13(17)6-12(16)7-14(15)18/h3-7,19H,8H2,1-2H3. The van der Waals surface area contributed by atoms with Crippen molar-refractivity contribution < 1.29 is 13.2 Å². The molecule has 1 N–H and O–H groups in total. The molecule has 100 valence electrons. The van der Waals surface area contributed by atoms with Gasteiger partial charge in [-0.2, -0.15) is 0 Å². The zero-order valence-electron chi connectivity index (χ0n) is 10.7. The van der Waals surface area contributed by atoms with E-state index in [0.29, 0.717) is 12.1 Å². The molecule has 2 aromatic carbocycles. The van der Waals surface area contributed by atoms with Crippen LogP contribution in [0.25, 0.3) is 0 Å². The molecule has 0 spiro atoms. The minimum atomic E-state index is -0.928. The Morgan fingerprint density at radius 1 is 0.947 bits per heavy atom. The second-order valence-corrected chi connectivity index (χ2v) is 4.53. The first kappa shape index (κ1) is 13.5. The summed E-state index contributed by atoms with van der Waals surface area (Å²) in [6.45, 7) is 4.16. The monoisotopic (exact) mass is 265 g/mol. The summed E-state index contributed by atoms with van der Waals surface area (Å²) >= 11 is 0. The Labute approximate surface area is 110 Å². The Bertz CT molecular complexity index is 585. The molecule has 19 heavy (non-hydrogen) atoms. The molecule has 1 nitrogen and oxygen atoms in total. The lowest BCUT2D eigenvalue weighted by Gasteiger charge is -2.11. The van der Waals surface area contributed by atoms with Crippen molar-refractivity contribution in [1.29, 1.82) is 0 Å². The van der Waals surface area contributed by atoms with Gasteiger partial charge in [-0.05, 0) is 25.0 Å². The molecular weight excluding hydrogens is 251 g/mol. The van der Waals surface area contributed by atoms with Crippen LogP contribution in [0.4, 0.5) is 18.9 Å². The minimum Gasteiger partial charge on any atom is -0.376 e. The lowest BCUT2D eigenvalue weighted by Crippen LogP contribution is -2.06. The van der Waals surface area contributed by atoms with E-state index in [-0.39, 0.29) is 12.2 Å². The minimum absolute atomic E-state index is 0.285. The topological polar surface area (TPSA) is 12.0 Å². The first-order chi connectivity index (χ1) is 8.97. The van der Waals surface area contributed by atoms with Crippen LogP contribution in [0.5, 0.6) is 0 Å². The molecule has 0 bridgehead atoms. The fourth-order valence-corrected chi connectivity index (χ4v) is 1.89. The molecule has 0 atom stereocenters. The molecule has 4 heteroatoms. The summed E-state index contributed by atoms with van der Waals surface area (Å²) in [6, 6.07) is 7.19. The number of nitrogens with one attached hydrogen (secondary N) is 1. The van der Waals surface area contributed by atoms with Gasteiger partial charge in [0.15, 0.2) is 11.6 Å². The molecule has 0 radical (unpaired) electrons. The second-order valence-electron chi connectivity index (χ2n) is 4.53. The number of aryl methyl sites for hydroxylation is 2. The van der Waals surface area contributed by atoms with E-state index in [0.717, 1.165) is 16.7 Å². The second kappa shape index (κ2) is 5.34. The van der Waals surface area contributed by atoms with E-state index in [1.165, 1.54) is 0 Å². The lowest BCUT2D eigenvalue weighted by molar-refractivity contribution is 0.547. The van der Waals surface area contributed by atoms with Gasteiger partial charge >= 0.3 is 0 Å². The van der Waals surface area contributed by atoms with Gasteiger partial charge in [-0.25, -0.2) is 13.2 Å². The molecule has 2 aromatic rings. The van der Waals surface area contributed by atoms with Crippen LogP contribution in [0.3, 0.4) is 0 Å². The van der Waals surface area contributed by atoms with Crippen molar-refractivity contribution in [1.82, 2.24) is 0 Å². The molecule has 0 unspecified atom stereocenters. The normalized spacial score (nSPS) is 10.6. The molecule has 0 amide bonds. The summed E-state index contributed by atoms with van der Waals surface area (Å²) in [7, 11) is 0. The van der Waals surface area contributed by atoms with E-state index >= 15 is 0 Å². The molecule has 2 rings (SSSR count). The quantitative estimate of drug-likeness (QED) is 0.870. The van der Waals surface area contributed by atoms with E-state index in [1.807, 2.05) is 32.0 Å². The number of anilines is 1. The van der Waals surface area contributed by atoms with Crippen molar-refractivity contribution in [2.24, 2.45) is 0 Å². The van der Waals surface area contributed by atoms with E-state index in [2.05, 4.69) is 5.32 Å². The Kier molecular flexibility index (Phi) is 3.79. The zero-order valence-corrected chi connectivity index (χ0v) is 10.7. The maximum Gasteiger partial charge on any atom is 0.152 e. The van der Waals surface area contributed by atoms with Crippen LogP contribution in [-0.2, 0) is 6.54 Å². The molecule has 0 saturated carbocycles. The molecule has 0 aliphatic heterocycles. The summed E-state index contributed by atoms with van der Waals surface area (Å²) in [5.41, 5.74) is 2.74. The number of rotatable bonds is 3. The van der Waals surface area contributed by atoms with Crippen LogP contribution in [0.2, 0.25) is 0 Å². The van der Waals surface area contributed by atoms with E-state index < -0.39 is 17.5 Å². The van der Waals surface area contributed by atoms with Gasteiger partial charge in [0.1, 0.15) is 11.5 Å². The maximum absolute atomic E-state index is 13.5. The maximum atomic E-state index is 13.5. The van der Waals surface area contributed by atoms with E-state index in [9.17, 15) is 13.2 Å². The van der Waals surface area contributed by atoms with Crippen molar-refractivity contribution in [3.05, 3.63) is 64.5 Å². The number of halogens is 3. The number of benzene rings is 2. The van der Waals surface area contributed by atoms with Gasteiger partial charge < -0.3 is 5.32 Å². The third kappa shape index (κ3) is 3.08. The molecule has 0 aliphatic rings. The van der Waals surface area contributed by atoms with Gasteiger partial charge in [-0.1, -0.05) is 23.8 Å². The lowest BCUT2D eigenvalue weighted by atomic mass is 10.1. The molecule has 0 saturated heterocycles. The third-order valence-electron chi connectivity index (χ3n) is 2.97. The van der Waals surface area contributed by atoms with Crippen LogP contribution in [0.1, 0.15) is 16.7 Å². The Morgan fingerprint density at radius 3 is 2.21 bits per heavy atom. The van der Waals surface area contributed by atoms with Gasteiger partial charge in [-0.15, -0.1) is 0 Å². The fourth-order valence-electron chi connectivity index (χ4n) is 1.89. The van der Waals surface area contributed by atoms with Crippen molar-refractivity contribution in [3.63, 3.8) is 0 Å². The Morgan fingerprint density at radius 2 is 1.58 bits per heavy atom. The molecular formula is C15H14F3N. The third-order valence-corrected chi connectivity index (χ3v) is 2.97. The highest BCUT2D eigenvalue weighted by Gasteiger charge is 2.11. The van der Waals surface area contributed by atoms with Gasteiger partial charge in [-0.3, -0.25) is 0 Å². The summed E-state index contributed by atoms with van der Waals surface area (Å²) in [6.07, 6.45) is 0. The zero-order chi connectivity index (χ0) is 14.0. The molecule has 0 aromatic heterocycles. The van der Waals surface area contributed by atoms with E-state index in [4.69, 9.17) is 0 Å². The van der Waals surface area contributed by atoms with Crippen molar-refractivity contribution in [2.75, 3.05) is 5.32 Å². The van der Waals surface area contributed by atoms with Crippen molar-refractivity contribution >= 4 is 5.69 Å². The van der Waals surface area contributed by atoms with Crippen LogP contribution >= 0.6 is 0 Å². The highest BCUT2D eigenvalue weighted by Crippen LogP contribution is 2.21. The van der Waals surface area contributed by atoms with Crippen molar-refractivity contribution in [2.45, 2.75) is 20.4 Å². The van der Waals surface area contributed by atoms with Gasteiger partial charge in [0.05, 0.1) is 0 Å². The van der Waals surface area contributed by atoms with Gasteiger partial charge in [0.2, 0.25) is 0 Å². The van der Waals surface area contributed by atoms with Crippen LogP contribution in [0, 0.1) is 31.3 Å². The summed E-state index contributed by atoms with van der Waals surface area (Å²) in [5, 5.41) is 2.68. The highest BCUT2D eigenvalue weighted by atomic mass is 19.1. The number of hydrogen-bond donors (Lipinski definition) is 1. The summed E-state index contributed by atoms with van der Waals surface area (Å²) in [5.74, 6) is -2.78. The number of hydrogen-bond acceptors (Lipinski definition) is 1. The van der Waals surface area contributed by atoms with E-state index in [1.54, 1.807) is 0 Å². The van der Waals surface area contributed by atoms with Crippen molar-refractivity contribution in [3.8, 4) is 0 Å².